The summed E-state index contributed by atoms with van der Waals surface area (Å²) in [6, 6.07) is 18.9. The summed E-state index contributed by atoms with van der Waals surface area (Å²) in [6.45, 7) is 0. The molecule has 1 unspecified atom stereocenters. The maximum absolute atomic E-state index is 12.2. The zero-order valence-electron chi connectivity index (χ0n) is 13.2. The predicted molar refractivity (Wildman–Crippen MR) is 105 cm³/mol. The number of aryl methyl sites for hydroxylation is 1. The van der Waals surface area contributed by atoms with E-state index in [-0.39, 0.29) is 11.9 Å². The molecular weight excluding hydrogens is 411 g/mol. The van der Waals surface area contributed by atoms with Crippen LogP contribution in [0.2, 0.25) is 0 Å². The highest BCUT2D eigenvalue weighted by Crippen LogP contribution is 2.34. The van der Waals surface area contributed by atoms with Crippen LogP contribution >= 0.6 is 22.6 Å². The Morgan fingerprint density at radius 1 is 1.08 bits per heavy atom. The molecule has 1 aliphatic heterocycles. The molecule has 0 spiro atoms. The Bertz CT molecular complexity index is 886. The first-order chi connectivity index (χ1) is 11.7. The average Bonchev–Trinajstić information content (AvgIpc) is 2.60. The monoisotopic (exact) mass is 428 g/mol. The first-order valence-electron chi connectivity index (χ1n) is 8.12. The number of pyridine rings is 1. The number of fused-ring (bicyclic) bond motifs is 1. The molecular formula is C20H17IN2O. The second kappa shape index (κ2) is 6.51. The third-order valence-electron chi connectivity index (χ3n) is 4.59. The molecule has 2 heterocycles. The number of amides is 1. The lowest BCUT2D eigenvalue weighted by molar-refractivity contribution is -0.124. The molecule has 120 valence electrons. The molecule has 1 atom stereocenters. The summed E-state index contributed by atoms with van der Waals surface area (Å²) in [6.07, 6.45) is 4.39. The number of benzene rings is 2. The average molecular weight is 428 g/mol. The number of halogens is 1. The topological polar surface area (TPSA) is 33.2 Å². The molecule has 1 fully saturated rings. The maximum Gasteiger partial charge on any atom is 0.229 e. The number of β-lactam (4-membered cyclic amide) rings is 1. The summed E-state index contributed by atoms with van der Waals surface area (Å²) in [5, 5.41) is 1.08. The molecule has 1 aromatic heterocycles. The smallest absolute Gasteiger partial charge is 0.229 e. The second-order valence-corrected chi connectivity index (χ2v) is 7.38. The lowest BCUT2D eigenvalue weighted by Crippen LogP contribution is -2.53. The van der Waals surface area contributed by atoms with Crippen LogP contribution in [-0.2, 0) is 11.2 Å². The summed E-state index contributed by atoms with van der Waals surface area (Å²) in [7, 11) is 0. The van der Waals surface area contributed by atoms with E-state index in [4.69, 9.17) is 0 Å². The van der Waals surface area contributed by atoms with E-state index >= 15 is 0 Å². The zero-order valence-corrected chi connectivity index (χ0v) is 15.3. The number of nitrogens with zero attached hydrogens (tertiary/aromatic N) is 2. The van der Waals surface area contributed by atoms with Gasteiger partial charge in [-0.3, -0.25) is 9.78 Å². The van der Waals surface area contributed by atoms with Crippen molar-refractivity contribution in [3.05, 3.63) is 69.9 Å². The lowest BCUT2D eigenvalue weighted by atomic mass is 9.93. The molecule has 0 bridgehead atoms. The highest BCUT2D eigenvalue weighted by Gasteiger charge is 2.37. The van der Waals surface area contributed by atoms with Gasteiger partial charge in [-0.05, 0) is 65.3 Å². The SMILES string of the molecule is O=C1CC(CCc2ccc(I)cc2)N1c1cccc2cccnc12. The molecule has 0 N–H and O–H groups in total. The number of carbonyl (C=O) groups is 1. The van der Waals surface area contributed by atoms with Gasteiger partial charge in [0.05, 0.1) is 11.2 Å². The molecule has 3 nitrogen and oxygen atoms in total. The van der Waals surface area contributed by atoms with Gasteiger partial charge in [-0.15, -0.1) is 0 Å². The zero-order chi connectivity index (χ0) is 16.5. The first-order valence-corrected chi connectivity index (χ1v) is 9.20. The molecule has 0 radical (unpaired) electrons. The van der Waals surface area contributed by atoms with Crippen molar-refractivity contribution in [1.29, 1.82) is 0 Å². The molecule has 4 heteroatoms. The number of hydrogen-bond donors (Lipinski definition) is 0. The van der Waals surface area contributed by atoms with Gasteiger partial charge in [-0.25, -0.2) is 0 Å². The Hall–Kier alpha value is -1.95. The van der Waals surface area contributed by atoms with Crippen LogP contribution in [0, 0.1) is 3.57 Å². The second-order valence-electron chi connectivity index (χ2n) is 6.14. The normalized spacial score (nSPS) is 17.1. The Morgan fingerprint density at radius 2 is 1.88 bits per heavy atom. The van der Waals surface area contributed by atoms with Gasteiger partial charge in [0.2, 0.25) is 5.91 Å². The molecule has 1 saturated heterocycles. The summed E-state index contributed by atoms with van der Waals surface area (Å²) in [5.74, 6) is 0.195. The largest absolute Gasteiger partial charge is 0.307 e. The Balaban J connectivity index is 1.55. The van der Waals surface area contributed by atoms with Gasteiger partial charge in [0, 0.05) is 27.6 Å². The molecule has 0 saturated carbocycles. The van der Waals surface area contributed by atoms with Crippen LogP contribution in [0.15, 0.2) is 60.8 Å². The van der Waals surface area contributed by atoms with Gasteiger partial charge in [-0.2, -0.15) is 0 Å². The molecule has 3 aromatic rings. The summed E-state index contributed by atoms with van der Waals surface area (Å²) in [5.41, 5.74) is 3.18. The van der Waals surface area contributed by atoms with Gasteiger partial charge in [0.15, 0.2) is 0 Å². The van der Waals surface area contributed by atoms with E-state index in [0.29, 0.717) is 6.42 Å². The number of rotatable bonds is 4. The third kappa shape index (κ3) is 2.90. The van der Waals surface area contributed by atoms with Crippen LogP contribution in [0.5, 0.6) is 0 Å². The maximum atomic E-state index is 12.2. The van der Waals surface area contributed by atoms with Crippen LogP contribution in [0.25, 0.3) is 10.9 Å². The predicted octanol–water partition coefficient (Wildman–Crippen LogP) is 4.58. The lowest BCUT2D eigenvalue weighted by Gasteiger charge is -2.41. The fourth-order valence-electron chi connectivity index (χ4n) is 3.31. The van der Waals surface area contributed by atoms with E-state index in [2.05, 4.69) is 51.8 Å². The van der Waals surface area contributed by atoms with Crippen molar-refractivity contribution >= 4 is 45.1 Å². The number of carbonyl (C=O) groups excluding carboxylic acids is 1. The molecule has 1 amide bonds. The van der Waals surface area contributed by atoms with Gasteiger partial charge in [0.1, 0.15) is 0 Å². The van der Waals surface area contributed by atoms with E-state index in [1.165, 1.54) is 9.13 Å². The molecule has 2 aromatic carbocycles. The quantitative estimate of drug-likeness (QED) is 0.451. The minimum Gasteiger partial charge on any atom is -0.307 e. The number of para-hydroxylation sites is 1. The van der Waals surface area contributed by atoms with E-state index in [9.17, 15) is 4.79 Å². The van der Waals surface area contributed by atoms with E-state index in [1.807, 2.05) is 35.2 Å². The van der Waals surface area contributed by atoms with Crippen LogP contribution in [0.1, 0.15) is 18.4 Å². The Morgan fingerprint density at radius 3 is 2.67 bits per heavy atom. The minimum atomic E-state index is 0.195. The van der Waals surface area contributed by atoms with Gasteiger partial charge >= 0.3 is 0 Å². The first kappa shape index (κ1) is 15.6. The number of aromatic nitrogens is 1. The van der Waals surface area contributed by atoms with Gasteiger partial charge < -0.3 is 4.90 Å². The van der Waals surface area contributed by atoms with Crippen LogP contribution in [0.3, 0.4) is 0 Å². The Labute approximate surface area is 154 Å². The van der Waals surface area contributed by atoms with Crippen molar-refractivity contribution in [3.8, 4) is 0 Å². The van der Waals surface area contributed by atoms with Gasteiger partial charge in [-0.1, -0.05) is 30.3 Å². The van der Waals surface area contributed by atoms with Crippen LogP contribution in [0.4, 0.5) is 5.69 Å². The number of hydrogen-bond acceptors (Lipinski definition) is 2. The highest BCUT2D eigenvalue weighted by atomic mass is 127. The van der Waals surface area contributed by atoms with E-state index in [1.54, 1.807) is 6.20 Å². The summed E-state index contributed by atoms with van der Waals surface area (Å²) < 4.78 is 1.25. The molecule has 4 rings (SSSR count). The fraction of sp³-hybridized carbons (Fsp3) is 0.200. The molecule has 24 heavy (non-hydrogen) atoms. The molecule has 1 aliphatic rings. The van der Waals surface area contributed by atoms with Crippen molar-refractivity contribution in [2.24, 2.45) is 0 Å². The minimum absolute atomic E-state index is 0.195. The van der Waals surface area contributed by atoms with Crippen molar-refractivity contribution in [2.75, 3.05) is 4.90 Å². The number of anilines is 1. The highest BCUT2D eigenvalue weighted by molar-refractivity contribution is 14.1. The standard InChI is InChI=1S/C20H17IN2O/c21-16-9-6-14(7-10-16)8-11-17-13-19(24)23(17)18-5-1-3-15-4-2-12-22-20(15)18/h1-7,9-10,12,17H,8,11,13H2. The Kier molecular flexibility index (Phi) is 4.22. The van der Waals surface area contributed by atoms with Crippen molar-refractivity contribution in [3.63, 3.8) is 0 Å². The molecule has 0 aliphatic carbocycles. The van der Waals surface area contributed by atoms with E-state index in [0.717, 1.165) is 29.4 Å². The van der Waals surface area contributed by atoms with Crippen LogP contribution in [-0.4, -0.2) is 16.9 Å². The fourth-order valence-corrected chi connectivity index (χ4v) is 3.67. The van der Waals surface area contributed by atoms with Crippen molar-refractivity contribution in [1.82, 2.24) is 4.98 Å². The third-order valence-corrected chi connectivity index (χ3v) is 5.31. The van der Waals surface area contributed by atoms with Crippen molar-refractivity contribution < 1.29 is 4.79 Å². The summed E-state index contributed by atoms with van der Waals surface area (Å²) in [4.78, 5) is 18.7. The van der Waals surface area contributed by atoms with Gasteiger partial charge in [0.25, 0.3) is 0 Å². The van der Waals surface area contributed by atoms with Crippen LogP contribution < -0.4 is 4.90 Å². The van der Waals surface area contributed by atoms with E-state index < -0.39 is 0 Å². The summed E-state index contributed by atoms with van der Waals surface area (Å²) >= 11 is 2.32. The van der Waals surface area contributed by atoms with Crippen molar-refractivity contribution in [2.45, 2.75) is 25.3 Å².